The van der Waals surface area contributed by atoms with Crippen LogP contribution in [0, 0.1) is 33.5 Å². The van der Waals surface area contributed by atoms with E-state index in [1.54, 1.807) is 20.8 Å². The average molecular weight is 282 g/mol. The summed E-state index contributed by atoms with van der Waals surface area (Å²) in [6.07, 6.45) is 0. The molecule has 0 unspecified atom stereocenters. The molecule has 0 aliphatic carbocycles. The molecule has 0 fully saturated rings. The predicted molar refractivity (Wildman–Crippen MR) is 73.0 cm³/mol. The lowest BCUT2D eigenvalue weighted by atomic mass is 9.93. The third-order valence-corrected chi connectivity index (χ3v) is 3.59. The van der Waals surface area contributed by atoms with Gasteiger partial charge in [-0.05, 0) is 49.9 Å². The highest BCUT2D eigenvalue weighted by Gasteiger charge is 2.28. The fourth-order valence-corrected chi connectivity index (χ4v) is 1.98. The van der Waals surface area contributed by atoms with Gasteiger partial charge >= 0.3 is 6.03 Å². The first-order valence-corrected chi connectivity index (χ1v) is 6.14. The maximum absolute atomic E-state index is 14.4. The van der Waals surface area contributed by atoms with Gasteiger partial charge in [0.2, 0.25) is 0 Å². The summed E-state index contributed by atoms with van der Waals surface area (Å²) in [4.78, 5) is 28.6. The van der Waals surface area contributed by atoms with E-state index in [0.29, 0.717) is 16.2 Å². The van der Waals surface area contributed by atoms with Crippen molar-refractivity contribution in [1.29, 1.82) is 0 Å². The quantitative estimate of drug-likeness (QED) is 0.847. The van der Waals surface area contributed by atoms with Crippen LogP contribution in [0.5, 0.6) is 0 Å². The first-order valence-electron chi connectivity index (χ1n) is 6.14. The average Bonchev–Trinajstić information content (AvgIpc) is 2.43. The summed E-state index contributed by atoms with van der Waals surface area (Å²) in [6, 6.07) is -0.757. The maximum Gasteiger partial charge on any atom is 0.348 e. The number of urea groups is 1. The SMILES string of the molecule is CNC(=O)N(OC)C(=O)c1c(C)c(C)c(C)c(C)c1F. The van der Waals surface area contributed by atoms with Crippen LogP contribution in [-0.4, -0.2) is 31.2 Å². The summed E-state index contributed by atoms with van der Waals surface area (Å²) in [7, 11) is 2.53. The Labute approximate surface area is 117 Å². The van der Waals surface area contributed by atoms with Crippen molar-refractivity contribution in [3.8, 4) is 0 Å². The van der Waals surface area contributed by atoms with Crippen LogP contribution >= 0.6 is 0 Å². The minimum absolute atomic E-state index is 0.143. The van der Waals surface area contributed by atoms with E-state index < -0.39 is 17.8 Å². The summed E-state index contributed by atoms with van der Waals surface area (Å²) in [6.45, 7) is 6.85. The van der Waals surface area contributed by atoms with Gasteiger partial charge in [0.05, 0.1) is 12.7 Å². The Morgan fingerprint density at radius 1 is 1.05 bits per heavy atom. The highest BCUT2D eigenvalue weighted by molar-refractivity contribution is 6.04. The Morgan fingerprint density at radius 2 is 1.55 bits per heavy atom. The fraction of sp³-hybridized carbons (Fsp3) is 0.429. The van der Waals surface area contributed by atoms with E-state index in [0.717, 1.165) is 11.1 Å². The standard InChI is InChI=1S/C14H19FN2O3/c1-7-8(2)10(4)12(15)11(9(7)3)13(18)17(20-6)14(19)16-5/h1-6H3,(H,16,19). The number of amides is 3. The van der Waals surface area contributed by atoms with Crippen LogP contribution < -0.4 is 5.32 Å². The Bertz CT molecular complexity index is 541. The Morgan fingerprint density at radius 3 is 2.00 bits per heavy atom. The van der Waals surface area contributed by atoms with Crippen molar-refractivity contribution in [2.24, 2.45) is 0 Å². The zero-order valence-corrected chi connectivity index (χ0v) is 12.5. The summed E-state index contributed by atoms with van der Waals surface area (Å²) in [5.74, 6) is -1.45. The van der Waals surface area contributed by atoms with Crippen molar-refractivity contribution in [2.45, 2.75) is 27.7 Å². The molecule has 0 radical (unpaired) electrons. The molecule has 1 aromatic carbocycles. The first kappa shape index (κ1) is 16.1. The van der Waals surface area contributed by atoms with Gasteiger partial charge in [-0.3, -0.25) is 9.63 Å². The number of nitrogens with one attached hydrogen (secondary N) is 1. The van der Waals surface area contributed by atoms with Crippen LogP contribution in [0.3, 0.4) is 0 Å². The number of imide groups is 1. The number of rotatable bonds is 2. The molecule has 1 rings (SSSR count). The molecule has 0 heterocycles. The first-order chi connectivity index (χ1) is 9.27. The van der Waals surface area contributed by atoms with Gasteiger partial charge in [-0.25, -0.2) is 9.18 Å². The molecule has 20 heavy (non-hydrogen) atoms. The Kier molecular flexibility index (Phi) is 4.83. The predicted octanol–water partition coefficient (Wildman–Crippen LogP) is 2.40. The van der Waals surface area contributed by atoms with Crippen molar-refractivity contribution in [1.82, 2.24) is 10.4 Å². The molecule has 110 valence electrons. The van der Waals surface area contributed by atoms with Gasteiger partial charge in [-0.15, -0.1) is 5.06 Å². The highest BCUT2D eigenvalue weighted by atomic mass is 19.1. The van der Waals surface area contributed by atoms with Gasteiger partial charge in [0, 0.05) is 7.05 Å². The molecule has 1 N–H and O–H groups in total. The molecular weight excluding hydrogens is 263 g/mol. The van der Waals surface area contributed by atoms with Crippen LogP contribution in [0.1, 0.15) is 32.6 Å². The molecule has 0 atom stereocenters. The maximum atomic E-state index is 14.4. The summed E-state index contributed by atoms with van der Waals surface area (Å²) >= 11 is 0. The van der Waals surface area contributed by atoms with Gasteiger partial charge in [0.15, 0.2) is 0 Å². The number of carbonyl (C=O) groups is 2. The second-order valence-electron chi connectivity index (χ2n) is 4.53. The number of benzene rings is 1. The second kappa shape index (κ2) is 6.00. The minimum Gasteiger partial charge on any atom is -0.339 e. The van der Waals surface area contributed by atoms with Crippen molar-refractivity contribution in [3.05, 3.63) is 33.6 Å². The number of carbonyl (C=O) groups excluding carboxylic acids is 2. The summed E-state index contributed by atoms with van der Waals surface area (Å²) in [5.41, 5.74) is 2.36. The molecular formula is C14H19FN2O3. The van der Waals surface area contributed by atoms with Crippen LogP contribution in [0.15, 0.2) is 0 Å². The molecule has 0 aliphatic heterocycles. The van der Waals surface area contributed by atoms with Crippen molar-refractivity contribution in [2.75, 3.05) is 14.2 Å². The smallest absolute Gasteiger partial charge is 0.339 e. The molecule has 5 nitrogen and oxygen atoms in total. The molecule has 1 aromatic rings. The third kappa shape index (κ3) is 2.51. The molecule has 0 spiro atoms. The molecule has 6 heteroatoms. The number of halogens is 1. The highest BCUT2D eigenvalue weighted by Crippen LogP contribution is 2.26. The van der Waals surface area contributed by atoms with Crippen LogP contribution in [-0.2, 0) is 4.84 Å². The van der Waals surface area contributed by atoms with Crippen LogP contribution in [0.4, 0.5) is 9.18 Å². The molecule has 0 aliphatic rings. The van der Waals surface area contributed by atoms with Crippen LogP contribution in [0.25, 0.3) is 0 Å². The molecule has 3 amide bonds. The molecule has 0 bridgehead atoms. The van der Waals surface area contributed by atoms with E-state index in [-0.39, 0.29) is 5.56 Å². The lowest BCUT2D eigenvalue weighted by Gasteiger charge is -2.21. The lowest BCUT2D eigenvalue weighted by molar-refractivity contribution is -0.0586. The Hall–Kier alpha value is -1.95. The van der Waals surface area contributed by atoms with E-state index in [4.69, 9.17) is 4.84 Å². The van der Waals surface area contributed by atoms with Gasteiger partial charge in [-0.2, -0.15) is 0 Å². The van der Waals surface area contributed by atoms with Gasteiger partial charge in [0.1, 0.15) is 5.82 Å². The monoisotopic (exact) mass is 282 g/mol. The van der Waals surface area contributed by atoms with Gasteiger partial charge in [-0.1, -0.05) is 0 Å². The van der Waals surface area contributed by atoms with E-state index >= 15 is 0 Å². The van der Waals surface area contributed by atoms with Gasteiger partial charge in [0.25, 0.3) is 5.91 Å². The number of hydrogen-bond acceptors (Lipinski definition) is 3. The Balaban J connectivity index is 3.47. The lowest BCUT2D eigenvalue weighted by Crippen LogP contribution is -2.42. The topological polar surface area (TPSA) is 58.6 Å². The molecule has 0 saturated heterocycles. The fourth-order valence-electron chi connectivity index (χ4n) is 1.98. The minimum atomic E-state index is -0.826. The van der Waals surface area contributed by atoms with Crippen molar-refractivity contribution in [3.63, 3.8) is 0 Å². The van der Waals surface area contributed by atoms with E-state index in [2.05, 4.69) is 5.32 Å². The second-order valence-corrected chi connectivity index (χ2v) is 4.53. The normalized spacial score (nSPS) is 10.3. The van der Waals surface area contributed by atoms with Crippen LogP contribution in [0.2, 0.25) is 0 Å². The van der Waals surface area contributed by atoms with E-state index in [9.17, 15) is 14.0 Å². The summed E-state index contributed by atoms with van der Waals surface area (Å²) in [5, 5.41) is 2.76. The van der Waals surface area contributed by atoms with Crippen molar-refractivity contribution >= 4 is 11.9 Å². The van der Waals surface area contributed by atoms with E-state index in [1.165, 1.54) is 14.2 Å². The zero-order chi connectivity index (χ0) is 15.6. The number of nitrogens with zero attached hydrogens (tertiary/aromatic N) is 1. The number of hydrogen-bond donors (Lipinski definition) is 1. The molecule has 0 saturated carbocycles. The van der Waals surface area contributed by atoms with Crippen molar-refractivity contribution < 1.29 is 18.8 Å². The van der Waals surface area contributed by atoms with Gasteiger partial charge < -0.3 is 5.32 Å². The zero-order valence-electron chi connectivity index (χ0n) is 12.5. The largest absolute Gasteiger partial charge is 0.348 e. The third-order valence-electron chi connectivity index (χ3n) is 3.59. The molecule has 0 aromatic heterocycles. The summed E-state index contributed by atoms with van der Waals surface area (Å²) < 4.78 is 14.4. The van der Waals surface area contributed by atoms with E-state index in [1.807, 2.05) is 6.92 Å². The number of hydroxylamine groups is 2.